The molecule has 19 heavy (non-hydrogen) atoms. The van der Waals surface area contributed by atoms with E-state index in [0.29, 0.717) is 37.6 Å². The molecule has 2 rings (SSSR count). The van der Waals surface area contributed by atoms with Crippen LogP contribution in [0.1, 0.15) is 5.56 Å². The van der Waals surface area contributed by atoms with Crippen molar-refractivity contribution in [3.8, 4) is 6.07 Å². The lowest BCUT2D eigenvalue weighted by Gasteiger charge is -2.31. The van der Waals surface area contributed by atoms with E-state index in [1.54, 1.807) is 24.3 Å². The summed E-state index contributed by atoms with van der Waals surface area (Å²) in [5.41, 5.74) is 0.909. The molecule has 0 aliphatic carbocycles. The first-order chi connectivity index (χ1) is 9.05. The minimum Gasteiger partial charge on any atom is -0.379 e. The van der Waals surface area contributed by atoms with E-state index in [1.165, 1.54) is 15.7 Å². The molecule has 102 valence electrons. The lowest BCUT2D eigenvalue weighted by molar-refractivity contribution is 0.0730. The highest BCUT2D eigenvalue weighted by molar-refractivity contribution is 7.90. The summed E-state index contributed by atoms with van der Waals surface area (Å²) in [7, 11) is -2.08. The first-order valence-corrected chi connectivity index (χ1v) is 7.27. The number of rotatable bonds is 3. The van der Waals surface area contributed by atoms with Crippen molar-refractivity contribution >= 4 is 15.9 Å². The van der Waals surface area contributed by atoms with Gasteiger partial charge in [-0.1, -0.05) is 6.07 Å². The maximum Gasteiger partial charge on any atom is 0.303 e. The molecule has 1 aliphatic rings. The number of anilines is 1. The largest absolute Gasteiger partial charge is 0.379 e. The lowest BCUT2D eigenvalue weighted by atomic mass is 10.2. The van der Waals surface area contributed by atoms with Gasteiger partial charge in [-0.05, 0) is 18.2 Å². The van der Waals surface area contributed by atoms with Crippen molar-refractivity contribution in [3.63, 3.8) is 0 Å². The average Bonchev–Trinajstić information content (AvgIpc) is 2.47. The van der Waals surface area contributed by atoms with Gasteiger partial charge in [0, 0.05) is 20.1 Å². The second-order valence-corrected chi connectivity index (χ2v) is 6.11. The third kappa shape index (κ3) is 2.87. The zero-order valence-corrected chi connectivity index (χ0v) is 11.4. The van der Waals surface area contributed by atoms with E-state index < -0.39 is 10.2 Å². The topological polar surface area (TPSA) is 73.6 Å². The summed E-state index contributed by atoms with van der Waals surface area (Å²) in [6, 6.07) is 8.52. The summed E-state index contributed by atoms with van der Waals surface area (Å²) in [6.45, 7) is 1.52. The van der Waals surface area contributed by atoms with Crippen molar-refractivity contribution in [2.45, 2.75) is 0 Å². The highest BCUT2D eigenvalue weighted by Gasteiger charge is 2.28. The van der Waals surface area contributed by atoms with Crippen molar-refractivity contribution in [1.82, 2.24) is 4.31 Å². The predicted octanol–water partition coefficient (Wildman–Crippen LogP) is 0.571. The van der Waals surface area contributed by atoms with E-state index >= 15 is 0 Å². The van der Waals surface area contributed by atoms with E-state index in [4.69, 9.17) is 10.00 Å². The first-order valence-electron chi connectivity index (χ1n) is 5.87. The van der Waals surface area contributed by atoms with E-state index in [9.17, 15) is 8.42 Å². The van der Waals surface area contributed by atoms with Gasteiger partial charge in [0.2, 0.25) is 0 Å². The molecule has 0 radical (unpaired) electrons. The zero-order chi connectivity index (χ0) is 13.9. The summed E-state index contributed by atoms with van der Waals surface area (Å²) in [5.74, 6) is 0. The van der Waals surface area contributed by atoms with Gasteiger partial charge < -0.3 is 4.74 Å². The Labute approximate surface area is 113 Å². The van der Waals surface area contributed by atoms with E-state index in [-0.39, 0.29) is 0 Å². The molecule has 1 fully saturated rings. The molecular weight excluding hydrogens is 266 g/mol. The molecule has 0 unspecified atom stereocenters. The molecule has 0 saturated carbocycles. The minimum absolute atomic E-state index is 0.352. The second kappa shape index (κ2) is 5.57. The summed E-state index contributed by atoms with van der Waals surface area (Å²) in [4.78, 5) is 0. The molecule has 7 heteroatoms. The summed E-state index contributed by atoms with van der Waals surface area (Å²) < 4.78 is 32.5. The van der Waals surface area contributed by atoms with Crippen LogP contribution in [0.15, 0.2) is 24.3 Å². The monoisotopic (exact) mass is 281 g/mol. The smallest absolute Gasteiger partial charge is 0.303 e. The zero-order valence-electron chi connectivity index (χ0n) is 10.6. The van der Waals surface area contributed by atoms with Crippen LogP contribution in [0, 0.1) is 11.3 Å². The highest BCUT2D eigenvalue weighted by atomic mass is 32.2. The van der Waals surface area contributed by atoms with Crippen LogP contribution in [0.5, 0.6) is 0 Å². The molecular formula is C12H15N3O3S. The number of nitrogens with zero attached hydrogens (tertiary/aromatic N) is 3. The van der Waals surface area contributed by atoms with Crippen LogP contribution in [0.4, 0.5) is 5.69 Å². The molecule has 0 atom stereocenters. The molecule has 1 aromatic rings. The van der Waals surface area contributed by atoms with E-state index in [0.717, 1.165) is 0 Å². The van der Waals surface area contributed by atoms with Gasteiger partial charge >= 0.3 is 10.2 Å². The summed E-state index contributed by atoms with van der Waals surface area (Å²) in [5, 5.41) is 8.85. The van der Waals surface area contributed by atoms with E-state index in [1.807, 2.05) is 6.07 Å². The van der Waals surface area contributed by atoms with Gasteiger partial charge in [-0.25, -0.2) is 0 Å². The van der Waals surface area contributed by atoms with Gasteiger partial charge in [-0.15, -0.1) is 0 Å². The average molecular weight is 281 g/mol. The summed E-state index contributed by atoms with van der Waals surface area (Å²) in [6.07, 6.45) is 0. The van der Waals surface area contributed by atoms with Gasteiger partial charge in [0.15, 0.2) is 0 Å². The number of hydrogen-bond donors (Lipinski definition) is 0. The predicted molar refractivity (Wildman–Crippen MR) is 70.9 cm³/mol. The number of nitriles is 1. The molecule has 1 aromatic carbocycles. The van der Waals surface area contributed by atoms with Gasteiger partial charge in [0.25, 0.3) is 0 Å². The van der Waals surface area contributed by atoms with Crippen molar-refractivity contribution in [3.05, 3.63) is 29.8 Å². The van der Waals surface area contributed by atoms with Crippen molar-refractivity contribution < 1.29 is 13.2 Å². The fraction of sp³-hybridized carbons (Fsp3) is 0.417. The van der Waals surface area contributed by atoms with Crippen molar-refractivity contribution in [1.29, 1.82) is 5.26 Å². The third-order valence-corrected chi connectivity index (χ3v) is 4.90. The molecule has 0 aromatic heterocycles. The van der Waals surface area contributed by atoms with Gasteiger partial charge in [0.05, 0.1) is 30.5 Å². The Morgan fingerprint density at radius 2 is 2.05 bits per heavy atom. The van der Waals surface area contributed by atoms with Gasteiger partial charge in [-0.2, -0.15) is 18.0 Å². The Morgan fingerprint density at radius 3 is 2.68 bits per heavy atom. The molecule has 0 bridgehead atoms. The van der Waals surface area contributed by atoms with Crippen molar-refractivity contribution in [2.24, 2.45) is 0 Å². The number of ether oxygens (including phenoxy) is 1. The maximum atomic E-state index is 12.4. The Balaban J connectivity index is 2.26. The Morgan fingerprint density at radius 1 is 1.37 bits per heavy atom. The SMILES string of the molecule is CN(c1cccc(C#N)c1)S(=O)(=O)N1CCOCC1. The van der Waals surface area contributed by atoms with E-state index in [2.05, 4.69) is 0 Å². The maximum absolute atomic E-state index is 12.4. The number of hydrogen-bond acceptors (Lipinski definition) is 4. The van der Waals surface area contributed by atoms with Crippen LogP contribution in [-0.4, -0.2) is 46.1 Å². The van der Waals surface area contributed by atoms with Gasteiger partial charge in [-0.3, -0.25) is 4.31 Å². The van der Waals surface area contributed by atoms with Crippen LogP contribution >= 0.6 is 0 Å². The Kier molecular flexibility index (Phi) is 4.04. The molecule has 0 spiro atoms. The van der Waals surface area contributed by atoms with Crippen molar-refractivity contribution in [2.75, 3.05) is 37.7 Å². The highest BCUT2D eigenvalue weighted by Crippen LogP contribution is 2.20. The van der Waals surface area contributed by atoms with Crippen LogP contribution in [-0.2, 0) is 14.9 Å². The Bertz CT molecular complexity index is 588. The lowest BCUT2D eigenvalue weighted by Crippen LogP contribution is -2.47. The van der Waals surface area contributed by atoms with Crippen LogP contribution in [0.25, 0.3) is 0 Å². The molecule has 0 N–H and O–H groups in total. The number of morpholine rings is 1. The second-order valence-electron chi connectivity index (χ2n) is 4.15. The summed E-state index contributed by atoms with van der Waals surface area (Å²) >= 11 is 0. The minimum atomic E-state index is -3.56. The molecule has 6 nitrogen and oxygen atoms in total. The van der Waals surface area contributed by atoms with Crippen LogP contribution < -0.4 is 4.31 Å². The molecule has 1 aliphatic heterocycles. The fourth-order valence-electron chi connectivity index (χ4n) is 1.86. The molecule has 1 saturated heterocycles. The Hall–Kier alpha value is -1.62. The molecule has 1 heterocycles. The molecule has 0 amide bonds. The normalized spacial score (nSPS) is 16.8. The standard InChI is InChI=1S/C12H15N3O3S/c1-14(12-4-2-3-11(9-12)10-13)19(16,17)15-5-7-18-8-6-15/h2-4,9H,5-8H2,1H3. The van der Waals surface area contributed by atoms with Crippen LogP contribution in [0.3, 0.4) is 0 Å². The third-order valence-electron chi connectivity index (χ3n) is 2.98. The fourth-order valence-corrected chi connectivity index (χ4v) is 3.19. The number of benzene rings is 1. The van der Waals surface area contributed by atoms with Gasteiger partial charge in [0.1, 0.15) is 0 Å². The van der Waals surface area contributed by atoms with Crippen LogP contribution in [0.2, 0.25) is 0 Å². The first kappa shape index (κ1) is 13.8. The quantitative estimate of drug-likeness (QED) is 0.812.